The summed E-state index contributed by atoms with van der Waals surface area (Å²) >= 11 is 6.32. The van der Waals surface area contributed by atoms with Crippen molar-refractivity contribution in [2.24, 2.45) is 4.99 Å². The number of aromatic hydroxyl groups is 1. The van der Waals surface area contributed by atoms with Crippen molar-refractivity contribution in [3.63, 3.8) is 0 Å². The van der Waals surface area contributed by atoms with Crippen LogP contribution in [0.15, 0.2) is 88.6 Å². The zero-order valence-corrected chi connectivity index (χ0v) is 18.6. The predicted octanol–water partition coefficient (Wildman–Crippen LogP) is 4.55. The summed E-state index contributed by atoms with van der Waals surface area (Å²) < 4.78 is 6.08. The first kappa shape index (κ1) is 22.3. The summed E-state index contributed by atoms with van der Waals surface area (Å²) in [4.78, 5) is 30.1. The van der Waals surface area contributed by atoms with Crippen molar-refractivity contribution in [1.82, 2.24) is 4.57 Å². The van der Waals surface area contributed by atoms with Crippen LogP contribution in [0.4, 0.5) is 0 Å². The SMILES string of the molecule is COC(=O)C(Cc1ccccc1)N=Cc1c(O)n(-c2ccccc2Cl)c(=O)c2ccccc12. The average Bonchev–Trinajstić information content (AvgIpc) is 2.84. The normalized spacial score (nSPS) is 12.2. The van der Waals surface area contributed by atoms with Crippen molar-refractivity contribution in [3.8, 4) is 11.6 Å². The number of halogens is 1. The molecule has 3 aromatic carbocycles. The Bertz CT molecular complexity index is 1400. The van der Waals surface area contributed by atoms with Crippen molar-refractivity contribution in [3.05, 3.63) is 105 Å². The van der Waals surface area contributed by atoms with Gasteiger partial charge in [-0.05, 0) is 23.8 Å². The van der Waals surface area contributed by atoms with Crippen LogP contribution < -0.4 is 5.56 Å². The molecule has 1 N–H and O–H groups in total. The number of pyridine rings is 1. The molecule has 6 nitrogen and oxygen atoms in total. The van der Waals surface area contributed by atoms with Gasteiger partial charge in [0.05, 0.1) is 23.4 Å². The summed E-state index contributed by atoms with van der Waals surface area (Å²) in [5.41, 5.74) is 1.14. The van der Waals surface area contributed by atoms with E-state index in [1.54, 1.807) is 48.5 Å². The Hall–Kier alpha value is -3.90. The van der Waals surface area contributed by atoms with Crippen molar-refractivity contribution in [1.29, 1.82) is 0 Å². The molecule has 0 amide bonds. The lowest BCUT2D eigenvalue weighted by molar-refractivity contribution is -0.142. The van der Waals surface area contributed by atoms with Gasteiger partial charge in [0.25, 0.3) is 5.56 Å². The molecule has 0 aliphatic rings. The Morgan fingerprint density at radius 3 is 2.36 bits per heavy atom. The van der Waals surface area contributed by atoms with Crippen LogP contribution in [0, 0.1) is 0 Å². The van der Waals surface area contributed by atoms with Gasteiger partial charge in [-0.25, -0.2) is 9.36 Å². The third-order valence-electron chi connectivity index (χ3n) is 5.33. The van der Waals surface area contributed by atoms with Gasteiger partial charge in [0, 0.05) is 23.4 Å². The summed E-state index contributed by atoms with van der Waals surface area (Å²) in [6, 6.07) is 22.3. The number of hydrogen-bond acceptors (Lipinski definition) is 5. The van der Waals surface area contributed by atoms with Gasteiger partial charge < -0.3 is 9.84 Å². The third kappa shape index (κ3) is 4.52. The van der Waals surface area contributed by atoms with Gasteiger partial charge in [-0.3, -0.25) is 9.79 Å². The minimum Gasteiger partial charge on any atom is -0.494 e. The molecule has 166 valence electrons. The second kappa shape index (κ2) is 9.71. The Kier molecular flexibility index (Phi) is 6.56. The van der Waals surface area contributed by atoms with Crippen LogP contribution in [0.1, 0.15) is 11.1 Å². The van der Waals surface area contributed by atoms with E-state index in [1.807, 2.05) is 30.3 Å². The summed E-state index contributed by atoms with van der Waals surface area (Å²) in [6.07, 6.45) is 1.74. The van der Waals surface area contributed by atoms with Crippen LogP contribution in [0.3, 0.4) is 0 Å². The maximum Gasteiger partial charge on any atom is 0.330 e. The third-order valence-corrected chi connectivity index (χ3v) is 5.65. The number of fused-ring (bicyclic) bond motifs is 1. The summed E-state index contributed by atoms with van der Waals surface area (Å²) in [6.45, 7) is 0. The molecule has 0 saturated heterocycles. The highest BCUT2D eigenvalue weighted by atomic mass is 35.5. The van der Waals surface area contributed by atoms with Crippen LogP contribution >= 0.6 is 11.6 Å². The number of para-hydroxylation sites is 1. The van der Waals surface area contributed by atoms with Gasteiger partial charge in [-0.15, -0.1) is 0 Å². The lowest BCUT2D eigenvalue weighted by Gasteiger charge is -2.15. The minimum absolute atomic E-state index is 0.298. The van der Waals surface area contributed by atoms with E-state index in [-0.39, 0.29) is 5.88 Å². The maximum absolute atomic E-state index is 13.2. The standard InChI is InChI=1S/C26H21ClN2O4/c1-33-26(32)22(15-17-9-3-2-4-10-17)28-16-20-18-11-5-6-12-19(18)24(30)29(25(20)31)23-14-8-7-13-21(23)27/h2-14,16,22,31H,15H2,1H3. The number of nitrogens with zero attached hydrogens (tertiary/aromatic N) is 2. The number of methoxy groups -OCH3 is 1. The van der Waals surface area contributed by atoms with Gasteiger partial charge >= 0.3 is 5.97 Å². The highest BCUT2D eigenvalue weighted by molar-refractivity contribution is 6.32. The van der Waals surface area contributed by atoms with Crippen LogP contribution in [-0.2, 0) is 16.0 Å². The minimum atomic E-state index is -0.823. The molecule has 1 heterocycles. The molecular weight excluding hydrogens is 440 g/mol. The molecule has 0 aliphatic heterocycles. The van der Waals surface area contributed by atoms with Gasteiger partial charge in [0.1, 0.15) is 0 Å². The van der Waals surface area contributed by atoms with Crippen molar-refractivity contribution < 1.29 is 14.6 Å². The predicted molar refractivity (Wildman–Crippen MR) is 130 cm³/mol. The molecular formula is C26H21ClN2O4. The molecule has 33 heavy (non-hydrogen) atoms. The number of benzene rings is 3. The molecule has 0 spiro atoms. The van der Waals surface area contributed by atoms with Crippen molar-refractivity contribution in [2.75, 3.05) is 7.11 Å². The monoisotopic (exact) mass is 460 g/mol. The number of aliphatic imine (C=N–C) groups is 1. The van der Waals surface area contributed by atoms with Crippen LogP contribution in [0.5, 0.6) is 5.88 Å². The van der Waals surface area contributed by atoms with Crippen LogP contribution in [0.2, 0.25) is 5.02 Å². The smallest absolute Gasteiger partial charge is 0.330 e. The Labute approximate surface area is 195 Å². The maximum atomic E-state index is 13.2. The zero-order valence-electron chi connectivity index (χ0n) is 17.8. The number of ether oxygens (including phenoxy) is 1. The van der Waals surface area contributed by atoms with Gasteiger partial charge in [-0.1, -0.05) is 72.3 Å². The number of aromatic nitrogens is 1. The average molecular weight is 461 g/mol. The van der Waals surface area contributed by atoms with Gasteiger partial charge in [-0.2, -0.15) is 0 Å². The first-order chi connectivity index (χ1) is 16.0. The summed E-state index contributed by atoms with van der Waals surface area (Å²) in [5.74, 6) is -0.822. The molecule has 0 aliphatic carbocycles. The quantitative estimate of drug-likeness (QED) is 0.338. The first-order valence-corrected chi connectivity index (χ1v) is 10.7. The Balaban J connectivity index is 1.87. The molecule has 0 radical (unpaired) electrons. The number of rotatable bonds is 6. The summed E-state index contributed by atoms with van der Waals surface area (Å²) in [7, 11) is 1.31. The first-order valence-electron chi connectivity index (χ1n) is 10.3. The summed E-state index contributed by atoms with van der Waals surface area (Å²) in [5, 5.41) is 12.3. The second-order valence-electron chi connectivity index (χ2n) is 7.38. The molecule has 7 heteroatoms. The Morgan fingerprint density at radius 2 is 1.67 bits per heavy atom. The molecule has 4 aromatic rings. The van der Waals surface area contributed by atoms with E-state index in [0.29, 0.717) is 33.5 Å². The lowest BCUT2D eigenvalue weighted by Crippen LogP contribution is -2.24. The second-order valence-corrected chi connectivity index (χ2v) is 7.79. The fraction of sp³-hybridized carbons (Fsp3) is 0.115. The molecule has 1 aromatic heterocycles. The lowest BCUT2D eigenvalue weighted by atomic mass is 10.1. The highest BCUT2D eigenvalue weighted by Gasteiger charge is 2.21. The molecule has 4 rings (SSSR count). The zero-order chi connectivity index (χ0) is 23.4. The van der Waals surface area contributed by atoms with Crippen molar-refractivity contribution >= 4 is 34.6 Å². The number of carbonyl (C=O) groups excluding carboxylic acids is 1. The topological polar surface area (TPSA) is 80.9 Å². The highest BCUT2D eigenvalue weighted by Crippen LogP contribution is 2.29. The molecule has 1 unspecified atom stereocenters. The van der Waals surface area contributed by atoms with Crippen molar-refractivity contribution in [2.45, 2.75) is 12.5 Å². The molecule has 1 atom stereocenters. The van der Waals surface area contributed by atoms with E-state index in [9.17, 15) is 14.7 Å². The number of hydrogen-bond donors (Lipinski definition) is 1. The van der Waals surface area contributed by atoms with E-state index >= 15 is 0 Å². The fourth-order valence-electron chi connectivity index (χ4n) is 3.68. The van der Waals surface area contributed by atoms with Crippen LogP contribution in [0.25, 0.3) is 16.5 Å². The fourth-order valence-corrected chi connectivity index (χ4v) is 3.90. The van der Waals surface area contributed by atoms with Gasteiger partial charge in [0.15, 0.2) is 6.04 Å². The molecule has 0 bridgehead atoms. The number of esters is 1. The molecule has 0 fully saturated rings. The van der Waals surface area contributed by atoms with E-state index in [2.05, 4.69) is 4.99 Å². The largest absolute Gasteiger partial charge is 0.494 e. The van der Waals surface area contributed by atoms with Crippen LogP contribution in [-0.4, -0.2) is 35.0 Å². The Morgan fingerprint density at radius 1 is 1.03 bits per heavy atom. The van der Waals surface area contributed by atoms with E-state index in [0.717, 1.165) is 10.1 Å². The molecule has 0 saturated carbocycles. The van der Waals surface area contributed by atoms with Gasteiger partial charge in [0.2, 0.25) is 5.88 Å². The van der Waals surface area contributed by atoms with E-state index < -0.39 is 17.6 Å². The van der Waals surface area contributed by atoms with E-state index in [1.165, 1.54) is 13.3 Å². The number of carbonyl (C=O) groups is 1. The van der Waals surface area contributed by atoms with E-state index in [4.69, 9.17) is 16.3 Å².